The molecule has 0 spiro atoms. The Hall–Kier alpha value is -1.29. The zero-order chi connectivity index (χ0) is 14.5. The third kappa shape index (κ3) is 4.10. The van der Waals surface area contributed by atoms with E-state index in [2.05, 4.69) is 4.98 Å². The van der Waals surface area contributed by atoms with Crippen LogP contribution >= 0.6 is 23.2 Å². The number of aromatic nitrogens is 1. The maximum absolute atomic E-state index is 6.21. The van der Waals surface area contributed by atoms with E-state index in [-0.39, 0.29) is 6.04 Å². The molecular weight excluding hydrogens is 295 g/mol. The summed E-state index contributed by atoms with van der Waals surface area (Å²) in [6.07, 6.45) is 4.06. The van der Waals surface area contributed by atoms with Gasteiger partial charge in [-0.2, -0.15) is 0 Å². The molecule has 1 aromatic carbocycles. The van der Waals surface area contributed by atoms with Crippen molar-refractivity contribution >= 4 is 23.2 Å². The first-order valence-corrected chi connectivity index (χ1v) is 7.07. The van der Waals surface area contributed by atoms with Crippen LogP contribution in [0.4, 0.5) is 0 Å². The zero-order valence-corrected chi connectivity index (χ0v) is 12.7. The number of hydrogen-bond acceptors (Lipinski definition) is 3. The van der Waals surface area contributed by atoms with Gasteiger partial charge in [0.25, 0.3) is 0 Å². The van der Waals surface area contributed by atoms with Gasteiger partial charge in [-0.1, -0.05) is 29.3 Å². The highest BCUT2D eigenvalue weighted by molar-refractivity contribution is 6.32. The Bertz CT molecular complexity index is 588. The highest BCUT2D eigenvalue weighted by Gasteiger charge is 2.06. The summed E-state index contributed by atoms with van der Waals surface area (Å²) in [5.41, 5.74) is 7.74. The molecule has 1 aromatic heterocycles. The molecule has 20 heavy (non-hydrogen) atoms. The molecule has 2 N–H and O–H groups in total. The minimum Gasteiger partial charge on any atom is -0.487 e. The second-order valence-electron chi connectivity index (χ2n) is 4.70. The lowest BCUT2D eigenvalue weighted by atomic mass is 10.1. The predicted molar refractivity (Wildman–Crippen MR) is 82.4 cm³/mol. The largest absolute Gasteiger partial charge is 0.487 e. The van der Waals surface area contributed by atoms with Crippen molar-refractivity contribution in [3.8, 4) is 5.75 Å². The van der Waals surface area contributed by atoms with Gasteiger partial charge >= 0.3 is 0 Å². The van der Waals surface area contributed by atoms with Crippen LogP contribution < -0.4 is 10.5 Å². The van der Waals surface area contributed by atoms with Crippen molar-refractivity contribution in [2.45, 2.75) is 26.0 Å². The summed E-state index contributed by atoms with van der Waals surface area (Å²) in [4.78, 5) is 3.93. The molecule has 0 radical (unpaired) electrons. The molecule has 2 aromatic rings. The van der Waals surface area contributed by atoms with Gasteiger partial charge in [0.1, 0.15) is 12.4 Å². The fourth-order valence-corrected chi connectivity index (χ4v) is 2.27. The molecule has 0 aliphatic carbocycles. The van der Waals surface area contributed by atoms with Gasteiger partial charge < -0.3 is 10.5 Å². The Balaban J connectivity index is 2.05. The summed E-state index contributed by atoms with van der Waals surface area (Å²) < 4.78 is 5.69. The minimum atomic E-state index is 0.105. The SMILES string of the molecule is CC(N)Cc1ccc(OCc2ccncc2Cl)c(Cl)c1. The topological polar surface area (TPSA) is 48.1 Å². The van der Waals surface area contributed by atoms with Crippen LogP contribution in [0.1, 0.15) is 18.1 Å². The molecule has 1 unspecified atom stereocenters. The first kappa shape index (κ1) is 15.1. The van der Waals surface area contributed by atoms with Crippen molar-refractivity contribution in [3.63, 3.8) is 0 Å². The van der Waals surface area contributed by atoms with Gasteiger partial charge in [0.05, 0.1) is 10.0 Å². The number of rotatable bonds is 5. The summed E-state index contributed by atoms with van der Waals surface area (Å²) in [5, 5.41) is 1.16. The van der Waals surface area contributed by atoms with Crippen LogP contribution in [0.5, 0.6) is 5.75 Å². The van der Waals surface area contributed by atoms with Gasteiger partial charge in [-0.05, 0) is 37.1 Å². The van der Waals surface area contributed by atoms with E-state index in [1.165, 1.54) is 0 Å². The molecule has 1 atom stereocenters. The molecule has 0 aliphatic heterocycles. The lowest BCUT2D eigenvalue weighted by Crippen LogP contribution is -2.17. The second kappa shape index (κ2) is 6.93. The van der Waals surface area contributed by atoms with Gasteiger partial charge in [0.15, 0.2) is 0 Å². The standard InChI is InChI=1S/C15H16Cl2N2O/c1-10(18)6-11-2-3-15(13(16)7-11)20-9-12-4-5-19-8-14(12)17/h2-5,7-8,10H,6,9,18H2,1H3. The van der Waals surface area contributed by atoms with Crippen molar-refractivity contribution in [3.05, 3.63) is 57.8 Å². The molecule has 5 heteroatoms. The molecule has 0 saturated carbocycles. The normalized spacial score (nSPS) is 12.2. The molecular formula is C15H16Cl2N2O. The summed E-state index contributed by atoms with van der Waals surface area (Å²) in [7, 11) is 0. The Morgan fingerprint density at radius 2 is 2.05 bits per heavy atom. The molecule has 3 nitrogen and oxygen atoms in total. The number of ether oxygens (including phenoxy) is 1. The molecule has 0 saturated heterocycles. The highest BCUT2D eigenvalue weighted by atomic mass is 35.5. The Labute approximate surface area is 128 Å². The van der Waals surface area contributed by atoms with Crippen molar-refractivity contribution in [1.82, 2.24) is 4.98 Å². The van der Waals surface area contributed by atoms with E-state index in [0.717, 1.165) is 17.5 Å². The first-order chi connectivity index (χ1) is 9.56. The van der Waals surface area contributed by atoms with E-state index in [1.807, 2.05) is 31.2 Å². The maximum Gasteiger partial charge on any atom is 0.138 e. The number of hydrogen-bond donors (Lipinski definition) is 1. The number of benzene rings is 1. The van der Waals surface area contributed by atoms with Crippen molar-refractivity contribution in [2.75, 3.05) is 0 Å². The lowest BCUT2D eigenvalue weighted by molar-refractivity contribution is 0.306. The molecule has 2 rings (SSSR count). The predicted octanol–water partition coefficient (Wildman–Crippen LogP) is 3.86. The fourth-order valence-electron chi connectivity index (χ4n) is 1.84. The van der Waals surface area contributed by atoms with Crippen LogP contribution in [0.25, 0.3) is 0 Å². The Morgan fingerprint density at radius 3 is 2.70 bits per heavy atom. The summed E-state index contributed by atoms with van der Waals surface area (Å²) >= 11 is 12.2. The third-order valence-corrected chi connectivity index (χ3v) is 3.43. The molecule has 0 fully saturated rings. The molecule has 0 aliphatic rings. The Morgan fingerprint density at radius 1 is 1.25 bits per heavy atom. The van der Waals surface area contributed by atoms with Crippen LogP contribution in [0.2, 0.25) is 10.0 Å². The number of nitrogens with zero attached hydrogens (tertiary/aromatic N) is 1. The van der Waals surface area contributed by atoms with Crippen LogP contribution in [-0.2, 0) is 13.0 Å². The quantitative estimate of drug-likeness (QED) is 0.912. The van der Waals surface area contributed by atoms with E-state index in [0.29, 0.717) is 22.4 Å². The van der Waals surface area contributed by atoms with E-state index >= 15 is 0 Å². The number of pyridine rings is 1. The lowest BCUT2D eigenvalue weighted by Gasteiger charge is -2.11. The maximum atomic E-state index is 6.21. The van der Waals surface area contributed by atoms with E-state index < -0.39 is 0 Å². The molecule has 1 heterocycles. The van der Waals surface area contributed by atoms with Gasteiger partial charge in [-0.25, -0.2) is 0 Å². The van der Waals surface area contributed by atoms with Gasteiger partial charge in [-0.3, -0.25) is 4.98 Å². The van der Waals surface area contributed by atoms with Crippen molar-refractivity contribution in [2.24, 2.45) is 5.73 Å². The highest BCUT2D eigenvalue weighted by Crippen LogP contribution is 2.27. The van der Waals surface area contributed by atoms with Crippen LogP contribution in [-0.4, -0.2) is 11.0 Å². The summed E-state index contributed by atoms with van der Waals surface area (Å²) in [6, 6.07) is 7.64. The monoisotopic (exact) mass is 310 g/mol. The van der Waals surface area contributed by atoms with Gasteiger partial charge in [0.2, 0.25) is 0 Å². The average molecular weight is 311 g/mol. The van der Waals surface area contributed by atoms with E-state index in [1.54, 1.807) is 12.4 Å². The molecule has 0 bridgehead atoms. The van der Waals surface area contributed by atoms with E-state index in [4.69, 9.17) is 33.7 Å². The smallest absolute Gasteiger partial charge is 0.138 e. The van der Waals surface area contributed by atoms with Gasteiger partial charge in [0, 0.05) is 24.0 Å². The number of halogens is 2. The van der Waals surface area contributed by atoms with Crippen LogP contribution in [0.15, 0.2) is 36.7 Å². The molecule has 0 amide bonds. The Kier molecular flexibility index (Phi) is 5.24. The summed E-state index contributed by atoms with van der Waals surface area (Å²) in [5.74, 6) is 0.632. The van der Waals surface area contributed by atoms with Crippen molar-refractivity contribution < 1.29 is 4.74 Å². The third-order valence-electron chi connectivity index (χ3n) is 2.79. The second-order valence-corrected chi connectivity index (χ2v) is 5.52. The van der Waals surface area contributed by atoms with Crippen LogP contribution in [0.3, 0.4) is 0 Å². The van der Waals surface area contributed by atoms with Crippen molar-refractivity contribution in [1.29, 1.82) is 0 Å². The minimum absolute atomic E-state index is 0.105. The van der Waals surface area contributed by atoms with E-state index in [9.17, 15) is 0 Å². The summed E-state index contributed by atoms with van der Waals surface area (Å²) in [6.45, 7) is 2.32. The van der Waals surface area contributed by atoms with Crippen LogP contribution in [0, 0.1) is 0 Å². The zero-order valence-electron chi connectivity index (χ0n) is 11.1. The first-order valence-electron chi connectivity index (χ1n) is 6.31. The number of nitrogens with two attached hydrogens (primary N) is 1. The average Bonchev–Trinajstić information content (AvgIpc) is 2.39. The molecule has 106 valence electrons. The van der Waals surface area contributed by atoms with Gasteiger partial charge in [-0.15, -0.1) is 0 Å². The fraction of sp³-hybridized carbons (Fsp3) is 0.267.